The van der Waals surface area contributed by atoms with E-state index in [-0.39, 0.29) is 0 Å². The minimum absolute atomic E-state index is 0.756. The van der Waals surface area contributed by atoms with Crippen molar-refractivity contribution in [2.24, 2.45) is 5.73 Å². The van der Waals surface area contributed by atoms with Crippen LogP contribution in [0.3, 0.4) is 0 Å². The molecule has 0 aliphatic heterocycles. The Hall–Kier alpha value is -1.58. The van der Waals surface area contributed by atoms with E-state index in [2.05, 4.69) is 70.3 Å². The van der Waals surface area contributed by atoms with Gasteiger partial charge in [0.15, 0.2) is 0 Å². The van der Waals surface area contributed by atoms with E-state index >= 15 is 0 Å². The number of rotatable bonds is 5. The van der Waals surface area contributed by atoms with Crippen LogP contribution in [0, 0.1) is 6.92 Å². The van der Waals surface area contributed by atoms with Crippen molar-refractivity contribution in [1.82, 2.24) is 4.98 Å². The first-order valence-corrected chi connectivity index (χ1v) is 8.56. The monoisotopic (exact) mass is 356 g/mol. The molecule has 0 amide bonds. The summed E-state index contributed by atoms with van der Waals surface area (Å²) in [6.07, 6.45) is 3.24. The van der Waals surface area contributed by atoms with Crippen LogP contribution in [0.4, 0.5) is 0 Å². The number of fused-ring (bicyclic) bond motifs is 1. The number of aromatic nitrogens is 1. The van der Waals surface area contributed by atoms with Crippen LogP contribution >= 0.6 is 15.9 Å². The molecule has 0 spiro atoms. The second kappa shape index (κ2) is 6.67. The van der Waals surface area contributed by atoms with E-state index in [4.69, 9.17) is 5.73 Å². The summed E-state index contributed by atoms with van der Waals surface area (Å²) in [6, 6.07) is 15.0. The Morgan fingerprint density at radius 1 is 1.09 bits per heavy atom. The zero-order valence-corrected chi connectivity index (χ0v) is 14.4. The number of nitrogens with two attached hydrogens (primary N) is 1. The predicted octanol–water partition coefficient (Wildman–Crippen LogP) is 5.19. The topological polar surface area (TPSA) is 41.8 Å². The lowest BCUT2D eigenvalue weighted by Crippen LogP contribution is -1.99. The van der Waals surface area contributed by atoms with E-state index in [1.807, 2.05) is 0 Å². The van der Waals surface area contributed by atoms with Gasteiger partial charge in [0.1, 0.15) is 0 Å². The number of halogens is 1. The third-order valence-electron chi connectivity index (χ3n) is 4.16. The smallest absolute Gasteiger partial charge is 0.0500 e. The van der Waals surface area contributed by atoms with E-state index in [9.17, 15) is 0 Å². The van der Waals surface area contributed by atoms with Crippen LogP contribution < -0.4 is 5.73 Å². The highest BCUT2D eigenvalue weighted by Crippen LogP contribution is 2.34. The maximum atomic E-state index is 5.66. The molecule has 0 unspecified atom stereocenters. The number of aryl methyl sites for hydroxylation is 2. The lowest BCUT2D eigenvalue weighted by molar-refractivity contribution is 0.748. The molecule has 1 aromatic heterocycles. The van der Waals surface area contributed by atoms with Crippen molar-refractivity contribution in [2.45, 2.75) is 26.2 Å². The fourth-order valence-electron chi connectivity index (χ4n) is 3.01. The fraction of sp³-hybridized carbons (Fsp3) is 0.263. The Kier molecular flexibility index (Phi) is 4.65. The maximum Gasteiger partial charge on any atom is 0.0500 e. The van der Waals surface area contributed by atoms with Crippen LogP contribution in [-0.4, -0.2) is 11.5 Å². The highest BCUT2D eigenvalue weighted by atomic mass is 79.9. The second-order valence-electron chi connectivity index (χ2n) is 5.73. The summed E-state index contributed by atoms with van der Waals surface area (Å²) < 4.78 is 1.12. The molecule has 3 rings (SSSR count). The number of H-pyrrole nitrogens is 1. The SMILES string of the molecule is Cc1ccccc1-c1[nH]c2ccc(Br)cc2c1CCCCN. The van der Waals surface area contributed by atoms with Crippen molar-refractivity contribution in [2.75, 3.05) is 6.54 Å². The van der Waals surface area contributed by atoms with Crippen LogP contribution in [0.1, 0.15) is 24.0 Å². The first-order valence-electron chi connectivity index (χ1n) is 7.77. The molecule has 0 radical (unpaired) electrons. The molecule has 3 heteroatoms. The molecule has 2 nitrogen and oxygen atoms in total. The quantitative estimate of drug-likeness (QED) is 0.607. The molecule has 2 aromatic carbocycles. The minimum Gasteiger partial charge on any atom is -0.354 e. The van der Waals surface area contributed by atoms with Gasteiger partial charge < -0.3 is 10.7 Å². The summed E-state index contributed by atoms with van der Waals surface area (Å²) in [5, 5.41) is 1.31. The van der Waals surface area contributed by atoms with Gasteiger partial charge in [0.2, 0.25) is 0 Å². The van der Waals surface area contributed by atoms with E-state index in [1.54, 1.807) is 0 Å². The minimum atomic E-state index is 0.756. The van der Waals surface area contributed by atoms with Crippen LogP contribution in [0.25, 0.3) is 22.2 Å². The van der Waals surface area contributed by atoms with Crippen LogP contribution in [0.15, 0.2) is 46.9 Å². The first-order chi connectivity index (χ1) is 10.7. The van der Waals surface area contributed by atoms with Gasteiger partial charge in [-0.15, -0.1) is 0 Å². The van der Waals surface area contributed by atoms with E-state index in [0.717, 1.165) is 30.3 Å². The average Bonchev–Trinajstić information content (AvgIpc) is 2.86. The van der Waals surface area contributed by atoms with Crippen molar-refractivity contribution >= 4 is 26.8 Å². The molecular formula is C19H21BrN2. The van der Waals surface area contributed by atoms with Gasteiger partial charge in [-0.3, -0.25) is 0 Å². The summed E-state index contributed by atoms with van der Waals surface area (Å²) in [5.74, 6) is 0. The fourth-order valence-corrected chi connectivity index (χ4v) is 3.37. The Morgan fingerprint density at radius 2 is 1.91 bits per heavy atom. The normalized spacial score (nSPS) is 11.2. The van der Waals surface area contributed by atoms with Gasteiger partial charge in [-0.2, -0.15) is 0 Å². The van der Waals surface area contributed by atoms with Gasteiger partial charge in [-0.25, -0.2) is 0 Å². The summed E-state index contributed by atoms with van der Waals surface area (Å²) in [4.78, 5) is 3.62. The molecule has 1 heterocycles. The zero-order valence-electron chi connectivity index (χ0n) is 12.8. The van der Waals surface area contributed by atoms with E-state index in [1.165, 1.54) is 33.3 Å². The van der Waals surface area contributed by atoms with Gasteiger partial charge in [-0.1, -0.05) is 40.2 Å². The van der Waals surface area contributed by atoms with Gasteiger partial charge in [0.05, 0.1) is 0 Å². The summed E-state index contributed by atoms with van der Waals surface area (Å²) in [5.41, 5.74) is 12.1. The van der Waals surface area contributed by atoms with Gasteiger partial charge >= 0.3 is 0 Å². The Balaban J connectivity index is 2.15. The molecule has 0 bridgehead atoms. The van der Waals surface area contributed by atoms with E-state index < -0.39 is 0 Å². The van der Waals surface area contributed by atoms with Crippen LogP contribution in [0.5, 0.6) is 0 Å². The molecule has 0 saturated carbocycles. The van der Waals surface area contributed by atoms with Crippen molar-refractivity contribution in [1.29, 1.82) is 0 Å². The number of nitrogens with one attached hydrogen (secondary N) is 1. The Bertz CT molecular complexity index is 789. The summed E-state index contributed by atoms with van der Waals surface area (Å²) in [7, 11) is 0. The zero-order chi connectivity index (χ0) is 15.5. The molecule has 3 N–H and O–H groups in total. The lowest BCUT2D eigenvalue weighted by atomic mass is 9.98. The molecule has 3 aromatic rings. The molecular weight excluding hydrogens is 336 g/mol. The highest BCUT2D eigenvalue weighted by Gasteiger charge is 2.14. The number of unbranched alkanes of at least 4 members (excludes halogenated alkanes) is 1. The lowest BCUT2D eigenvalue weighted by Gasteiger charge is -2.08. The highest BCUT2D eigenvalue weighted by molar-refractivity contribution is 9.10. The molecule has 0 saturated heterocycles. The van der Waals surface area contributed by atoms with Crippen molar-refractivity contribution < 1.29 is 0 Å². The molecule has 0 aliphatic rings. The third kappa shape index (κ3) is 2.96. The number of hydrogen-bond acceptors (Lipinski definition) is 1. The van der Waals surface area contributed by atoms with Gasteiger partial charge in [0, 0.05) is 26.6 Å². The predicted molar refractivity (Wildman–Crippen MR) is 98.2 cm³/mol. The number of aromatic amines is 1. The Morgan fingerprint density at radius 3 is 2.68 bits per heavy atom. The maximum absolute atomic E-state index is 5.66. The van der Waals surface area contributed by atoms with Gasteiger partial charge in [0.25, 0.3) is 0 Å². The van der Waals surface area contributed by atoms with E-state index in [0.29, 0.717) is 0 Å². The number of hydrogen-bond donors (Lipinski definition) is 2. The van der Waals surface area contributed by atoms with Gasteiger partial charge in [-0.05, 0) is 62.1 Å². The molecule has 114 valence electrons. The van der Waals surface area contributed by atoms with Crippen molar-refractivity contribution in [3.05, 3.63) is 58.1 Å². The standard InChI is InChI=1S/C19H21BrN2/c1-13-6-2-3-7-15(13)19-16(8-4-5-11-21)17-12-14(20)9-10-18(17)22-19/h2-3,6-7,9-10,12,22H,4-5,8,11,21H2,1H3. The summed E-state index contributed by atoms with van der Waals surface area (Å²) >= 11 is 3.59. The van der Waals surface area contributed by atoms with Crippen LogP contribution in [0.2, 0.25) is 0 Å². The third-order valence-corrected chi connectivity index (χ3v) is 4.66. The van der Waals surface area contributed by atoms with Crippen molar-refractivity contribution in [3.63, 3.8) is 0 Å². The first kappa shape index (κ1) is 15.3. The van der Waals surface area contributed by atoms with Crippen molar-refractivity contribution in [3.8, 4) is 11.3 Å². The largest absolute Gasteiger partial charge is 0.354 e. The van der Waals surface area contributed by atoms with Crippen LogP contribution in [-0.2, 0) is 6.42 Å². The molecule has 22 heavy (non-hydrogen) atoms. The Labute approximate surface area is 139 Å². The molecule has 0 fully saturated rings. The summed E-state index contributed by atoms with van der Waals surface area (Å²) in [6.45, 7) is 2.92. The molecule has 0 aliphatic carbocycles. The second-order valence-corrected chi connectivity index (χ2v) is 6.64. The number of benzene rings is 2. The molecule has 0 atom stereocenters. The average molecular weight is 357 g/mol.